The highest BCUT2D eigenvalue weighted by molar-refractivity contribution is 8.21. The Kier molecular flexibility index (Phi) is 3.37. The average molecular weight is 262 g/mol. The molecule has 0 aromatic carbocycles. The summed E-state index contributed by atoms with van der Waals surface area (Å²) in [6.45, 7) is 0.393. The van der Waals surface area contributed by atoms with Crippen LogP contribution in [0, 0.1) is 0 Å². The molecule has 2 aliphatic rings. The van der Waals surface area contributed by atoms with Crippen LogP contribution in [0.3, 0.4) is 0 Å². The van der Waals surface area contributed by atoms with Crippen LogP contribution in [0.25, 0.3) is 0 Å². The summed E-state index contributed by atoms with van der Waals surface area (Å²) in [7, 11) is 0. The van der Waals surface area contributed by atoms with E-state index in [0.717, 1.165) is 11.5 Å². The van der Waals surface area contributed by atoms with Gasteiger partial charge in [-0.05, 0) is 0 Å². The molecule has 0 aromatic heterocycles. The molecule has 2 fully saturated rings. The fraction of sp³-hybridized carbons (Fsp3) is 0.778. The minimum absolute atomic E-state index is 0.103. The van der Waals surface area contributed by atoms with Gasteiger partial charge < -0.3 is 15.7 Å². The Morgan fingerprint density at radius 2 is 2.06 bits per heavy atom. The lowest BCUT2D eigenvalue weighted by molar-refractivity contribution is -0.147. The second-order valence-electron chi connectivity index (χ2n) is 3.89. The van der Waals surface area contributed by atoms with E-state index in [-0.39, 0.29) is 16.5 Å². The lowest BCUT2D eigenvalue weighted by Crippen LogP contribution is -2.43. The van der Waals surface area contributed by atoms with Gasteiger partial charge in [-0.2, -0.15) is 0 Å². The number of hydrogen-bond acceptors (Lipinski definition) is 5. The molecule has 0 bridgehead atoms. The van der Waals surface area contributed by atoms with Crippen LogP contribution in [0.4, 0.5) is 0 Å². The van der Waals surface area contributed by atoms with Crippen molar-refractivity contribution in [3.05, 3.63) is 0 Å². The van der Waals surface area contributed by atoms with Gasteiger partial charge in [0, 0.05) is 24.5 Å². The van der Waals surface area contributed by atoms with Crippen molar-refractivity contribution in [2.24, 2.45) is 5.73 Å². The van der Waals surface area contributed by atoms with Crippen LogP contribution in [0.5, 0.6) is 0 Å². The van der Waals surface area contributed by atoms with Crippen molar-refractivity contribution in [2.75, 3.05) is 24.6 Å². The number of carboxylic acid groups (broad SMARTS) is 1. The van der Waals surface area contributed by atoms with Gasteiger partial charge in [0.2, 0.25) is 5.91 Å². The number of nitrogens with zero attached hydrogens (tertiary/aromatic N) is 1. The maximum absolute atomic E-state index is 11.6. The summed E-state index contributed by atoms with van der Waals surface area (Å²) in [5.41, 5.74) is 5.30. The van der Waals surface area contributed by atoms with E-state index in [2.05, 4.69) is 0 Å². The molecule has 2 saturated heterocycles. The predicted molar refractivity (Wildman–Crippen MR) is 64.5 cm³/mol. The van der Waals surface area contributed by atoms with Crippen molar-refractivity contribution >= 4 is 35.4 Å². The molecular formula is C9H14N2O3S2. The molecule has 2 heterocycles. The topological polar surface area (TPSA) is 83.6 Å². The van der Waals surface area contributed by atoms with Crippen molar-refractivity contribution in [3.63, 3.8) is 0 Å². The number of nitrogens with two attached hydrogens (primary N) is 1. The summed E-state index contributed by atoms with van der Waals surface area (Å²) >= 11 is 3.54. The summed E-state index contributed by atoms with van der Waals surface area (Å²) in [6, 6.07) is -0.700. The Balaban J connectivity index is 2.17. The van der Waals surface area contributed by atoms with Gasteiger partial charge in [0.15, 0.2) is 0 Å². The molecule has 1 spiro atoms. The number of carbonyl (C=O) groups excluding carboxylic acids is 1. The van der Waals surface area contributed by atoms with Gasteiger partial charge in [-0.1, -0.05) is 0 Å². The molecule has 1 amide bonds. The van der Waals surface area contributed by atoms with E-state index in [0.29, 0.717) is 13.0 Å². The Bertz CT molecular complexity index is 318. The zero-order valence-corrected chi connectivity index (χ0v) is 10.4. The number of thioether (sulfide) groups is 2. The van der Waals surface area contributed by atoms with E-state index in [4.69, 9.17) is 10.8 Å². The third-order valence-corrected chi connectivity index (χ3v) is 6.31. The normalized spacial score (nSPS) is 27.6. The zero-order valence-electron chi connectivity index (χ0n) is 8.72. The molecule has 16 heavy (non-hydrogen) atoms. The molecule has 7 heteroatoms. The third kappa shape index (κ3) is 2.03. The molecule has 2 rings (SSSR count). The second kappa shape index (κ2) is 4.46. The fourth-order valence-electron chi connectivity index (χ4n) is 2.15. The molecular weight excluding hydrogens is 248 g/mol. The second-order valence-corrected chi connectivity index (χ2v) is 7.11. The first-order valence-electron chi connectivity index (χ1n) is 5.08. The van der Waals surface area contributed by atoms with Crippen LogP contribution in [0.15, 0.2) is 0 Å². The van der Waals surface area contributed by atoms with Crippen molar-refractivity contribution in [2.45, 2.75) is 16.5 Å². The molecule has 0 radical (unpaired) electrons. The molecule has 0 aliphatic carbocycles. The molecule has 0 saturated carbocycles. The van der Waals surface area contributed by atoms with Gasteiger partial charge in [-0.15, -0.1) is 23.5 Å². The maximum atomic E-state index is 11.6. The number of likely N-dealkylation sites (tertiary alicyclic amines) is 1. The SMILES string of the molecule is NCC(=O)N1CC2(CC1C(=O)O)SCCS2. The van der Waals surface area contributed by atoms with E-state index < -0.39 is 12.0 Å². The zero-order chi connectivity index (χ0) is 11.8. The number of aliphatic carboxylic acids is 1. The van der Waals surface area contributed by atoms with Crippen LogP contribution in [-0.4, -0.2) is 56.6 Å². The van der Waals surface area contributed by atoms with Gasteiger partial charge in [-0.25, -0.2) is 4.79 Å². The minimum atomic E-state index is -0.924. The highest BCUT2D eigenvalue weighted by Gasteiger charge is 2.50. The van der Waals surface area contributed by atoms with E-state index >= 15 is 0 Å². The number of carbonyl (C=O) groups is 2. The lowest BCUT2D eigenvalue weighted by Gasteiger charge is -2.22. The summed E-state index contributed by atoms with van der Waals surface area (Å²) in [5.74, 6) is 0.868. The van der Waals surface area contributed by atoms with Crippen LogP contribution in [-0.2, 0) is 9.59 Å². The highest BCUT2D eigenvalue weighted by Crippen LogP contribution is 2.51. The quantitative estimate of drug-likeness (QED) is 0.717. The molecule has 2 aliphatic heterocycles. The molecule has 1 unspecified atom stereocenters. The molecule has 3 N–H and O–H groups in total. The average Bonchev–Trinajstić information content (AvgIpc) is 2.86. The highest BCUT2D eigenvalue weighted by atomic mass is 32.2. The number of hydrogen-bond donors (Lipinski definition) is 2. The Morgan fingerprint density at radius 3 is 2.56 bits per heavy atom. The van der Waals surface area contributed by atoms with Crippen LogP contribution < -0.4 is 5.73 Å². The largest absolute Gasteiger partial charge is 0.480 e. The first kappa shape index (κ1) is 12.1. The van der Waals surface area contributed by atoms with Crippen molar-refractivity contribution < 1.29 is 14.7 Å². The summed E-state index contributed by atoms with van der Waals surface area (Å²) in [5, 5.41) is 9.12. The first-order chi connectivity index (χ1) is 7.58. The summed E-state index contributed by atoms with van der Waals surface area (Å²) in [4.78, 5) is 24.1. The van der Waals surface area contributed by atoms with Crippen molar-refractivity contribution in [1.82, 2.24) is 4.90 Å². The van der Waals surface area contributed by atoms with E-state index in [1.54, 1.807) is 23.5 Å². The standard InChI is InChI=1S/C9H14N2O3S2/c10-4-7(12)11-5-9(15-1-2-16-9)3-6(11)8(13)14/h6H,1-5,10H2,(H,13,14). The molecule has 1 atom stereocenters. The van der Waals surface area contributed by atoms with E-state index in [9.17, 15) is 9.59 Å². The number of rotatable bonds is 2. The van der Waals surface area contributed by atoms with Gasteiger partial charge in [0.1, 0.15) is 6.04 Å². The van der Waals surface area contributed by atoms with E-state index in [1.807, 2.05) is 0 Å². The van der Waals surface area contributed by atoms with Crippen LogP contribution in [0.1, 0.15) is 6.42 Å². The van der Waals surface area contributed by atoms with Crippen molar-refractivity contribution in [1.29, 1.82) is 0 Å². The Labute approximate surface area is 102 Å². The fourth-order valence-corrected chi connectivity index (χ4v) is 5.40. The molecule has 90 valence electrons. The smallest absolute Gasteiger partial charge is 0.326 e. The molecule has 0 aromatic rings. The lowest BCUT2D eigenvalue weighted by atomic mass is 10.2. The van der Waals surface area contributed by atoms with Gasteiger partial charge in [0.25, 0.3) is 0 Å². The minimum Gasteiger partial charge on any atom is -0.480 e. The van der Waals surface area contributed by atoms with Gasteiger partial charge >= 0.3 is 5.97 Å². The third-order valence-electron chi connectivity index (χ3n) is 2.89. The summed E-state index contributed by atoms with van der Waals surface area (Å²) < 4.78 is -0.103. The predicted octanol–water partition coefficient (Wildman–Crippen LogP) is -0.193. The first-order valence-corrected chi connectivity index (χ1v) is 7.05. The number of amides is 1. The van der Waals surface area contributed by atoms with Crippen LogP contribution >= 0.6 is 23.5 Å². The molecule has 5 nitrogen and oxygen atoms in total. The monoisotopic (exact) mass is 262 g/mol. The number of carboxylic acids is 1. The van der Waals surface area contributed by atoms with Crippen LogP contribution in [0.2, 0.25) is 0 Å². The van der Waals surface area contributed by atoms with Gasteiger partial charge in [-0.3, -0.25) is 4.79 Å². The van der Waals surface area contributed by atoms with Crippen molar-refractivity contribution in [3.8, 4) is 0 Å². The van der Waals surface area contributed by atoms with Gasteiger partial charge in [0.05, 0.1) is 10.6 Å². The van der Waals surface area contributed by atoms with E-state index in [1.165, 1.54) is 4.90 Å². The Hall–Kier alpha value is -0.400. The Morgan fingerprint density at radius 1 is 1.44 bits per heavy atom. The maximum Gasteiger partial charge on any atom is 0.326 e. The summed E-state index contributed by atoms with van der Waals surface area (Å²) in [6.07, 6.45) is 0.531.